The number of nitrogens with two attached hydrogens (primary N) is 1. The van der Waals surface area contributed by atoms with Crippen LogP contribution in [0.4, 0.5) is 8.78 Å². The van der Waals surface area contributed by atoms with Crippen molar-refractivity contribution in [2.45, 2.75) is 18.2 Å². The number of sulfonamides is 1. The summed E-state index contributed by atoms with van der Waals surface area (Å²) in [6.07, 6.45) is -0.304. The highest BCUT2D eigenvalue weighted by molar-refractivity contribution is 7.89. The zero-order chi connectivity index (χ0) is 21.2. The molecule has 2 aromatic carbocycles. The van der Waals surface area contributed by atoms with Gasteiger partial charge in [0.2, 0.25) is 10.0 Å². The van der Waals surface area contributed by atoms with Crippen LogP contribution in [0.3, 0.4) is 0 Å². The van der Waals surface area contributed by atoms with Gasteiger partial charge < -0.3 is 4.74 Å². The Morgan fingerprint density at radius 2 is 1.76 bits per heavy atom. The normalized spacial score (nSPS) is 11.4. The van der Waals surface area contributed by atoms with Crippen molar-refractivity contribution in [2.24, 2.45) is 5.14 Å². The number of esters is 1. The first-order valence-corrected chi connectivity index (χ1v) is 9.94. The summed E-state index contributed by atoms with van der Waals surface area (Å²) in [6, 6.07) is 8.68. The third kappa shape index (κ3) is 4.46. The number of benzene rings is 2. The van der Waals surface area contributed by atoms with E-state index >= 15 is 0 Å². The summed E-state index contributed by atoms with van der Waals surface area (Å²) in [4.78, 5) is 15.9. The molecule has 29 heavy (non-hydrogen) atoms. The number of halogens is 2. The first kappa shape index (κ1) is 20.6. The Bertz CT molecular complexity index is 1140. The van der Waals surface area contributed by atoms with Gasteiger partial charge in [0.15, 0.2) is 0 Å². The molecule has 3 rings (SSSR count). The van der Waals surface area contributed by atoms with Crippen molar-refractivity contribution in [3.63, 3.8) is 0 Å². The van der Waals surface area contributed by atoms with E-state index in [1.54, 1.807) is 6.92 Å². The maximum Gasteiger partial charge on any atom is 0.378 e. The molecule has 0 radical (unpaired) electrons. The van der Waals surface area contributed by atoms with Crippen LogP contribution in [-0.4, -0.2) is 35.8 Å². The summed E-state index contributed by atoms with van der Waals surface area (Å²) >= 11 is 0. The predicted octanol–water partition coefficient (Wildman–Crippen LogP) is 1.96. The summed E-state index contributed by atoms with van der Waals surface area (Å²) in [5, 5.41) is 9.13. The molecule has 0 aliphatic heterocycles. The van der Waals surface area contributed by atoms with Gasteiger partial charge in [-0.3, -0.25) is 0 Å². The van der Waals surface area contributed by atoms with E-state index in [0.29, 0.717) is 5.69 Å². The smallest absolute Gasteiger partial charge is 0.378 e. The van der Waals surface area contributed by atoms with Gasteiger partial charge in [-0.2, -0.15) is 0 Å². The topological polar surface area (TPSA) is 117 Å². The molecule has 1 aromatic heterocycles. The predicted molar refractivity (Wildman–Crippen MR) is 97.9 cm³/mol. The van der Waals surface area contributed by atoms with Gasteiger partial charge in [-0.1, -0.05) is 6.07 Å². The second-order valence-corrected chi connectivity index (χ2v) is 7.46. The molecule has 0 amide bonds. The lowest BCUT2D eigenvalue weighted by Gasteiger charge is -2.08. The molecule has 0 atom stereocenters. The Morgan fingerprint density at radius 3 is 2.31 bits per heavy atom. The number of aromatic nitrogens is 3. The number of rotatable bonds is 6. The van der Waals surface area contributed by atoms with Gasteiger partial charge in [0.1, 0.15) is 17.5 Å². The number of primary sulfonamides is 1. The first-order valence-electron chi connectivity index (χ1n) is 8.40. The largest absolute Gasteiger partial charge is 0.460 e. The molecule has 2 N–H and O–H groups in total. The van der Waals surface area contributed by atoms with Gasteiger partial charge in [0, 0.05) is 12.0 Å². The van der Waals surface area contributed by atoms with Crippen LogP contribution >= 0.6 is 0 Å². The summed E-state index contributed by atoms with van der Waals surface area (Å²) in [5.41, 5.74) is 0.0601. The molecule has 3 aromatic rings. The number of carbonyl (C=O) groups excluding carboxylic acids is 1. The quantitative estimate of drug-likeness (QED) is 0.607. The van der Waals surface area contributed by atoms with Crippen LogP contribution in [0.15, 0.2) is 47.4 Å². The molecule has 0 spiro atoms. The number of hydrogen-bond donors (Lipinski definition) is 1. The van der Waals surface area contributed by atoms with Crippen molar-refractivity contribution in [1.82, 2.24) is 14.8 Å². The van der Waals surface area contributed by atoms with E-state index in [9.17, 15) is 22.0 Å². The van der Waals surface area contributed by atoms with E-state index in [0.717, 1.165) is 12.1 Å². The summed E-state index contributed by atoms with van der Waals surface area (Å²) in [7, 11) is -3.91. The second-order valence-electron chi connectivity index (χ2n) is 5.90. The lowest BCUT2D eigenvalue weighted by molar-refractivity contribution is 0.0512. The lowest BCUT2D eigenvalue weighted by Crippen LogP contribution is -2.12. The molecular formula is C18H16F2N4O4S. The fourth-order valence-electron chi connectivity index (χ4n) is 2.58. The standard InChI is InChI=1S/C18H16F2N4O4S/c1-2-28-18(25)17-22-16(10-13-14(19)4-3-5-15(13)20)24(23-17)11-6-8-12(9-7-11)29(21,26)27/h3-9H,2,10H2,1H3,(H2,21,26,27). The summed E-state index contributed by atoms with van der Waals surface area (Å²) in [5.74, 6) is -2.60. The lowest BCUT2D eigenvalue weighted by atomic mass is 10.1. The van der Waals surface area contributed by atoms with Gasteiger partial charge in [0.05, 0.1) is 17.2 Å². The molecule has 0 fully saturated rings. The van der Waals surface area contributed by atoms with Crippen LogP contribution in [0.5, 0.6) is 0 Å². The fourth-order valence-corrected chi connectivity index (χ4v) is 3.10. The second kappa shape index (κ2) is 8.05. The Hall–Kier alpha value is -3.18. The molecule has 152 valence electrons. The monoisotopic (exact) mass is 422 g/mol. The van der Waals surface area contributed by atoms with Crippen LogP contribution in [0.25, 0.3) is 5.69 Å². The highest BCUT2D eigenvalue weighted by atomic mass is 32.2. The molecular weight excluding hydrogens is 406 g/mol. The van der Waals surface area contributed by atoms with E-state index in [-0.39, 0.29) is 35.1 Å². The van der Waals surface area contributed by atoms with E-state index in [1.807, 2.05) is 0 Å². The number of hydrogen-bond acceptors (Lipinski definition) is 6. The highest BCUT2D eigenvalue weighted by Crippen LogP contribution is 2.20. The van der Waals surface area contributed by atoms with Gasteiger partial charge in [-0.05, 0) is 43.3 Å². The zero-order valence-corrected chi connectivity index (χ0v) is 16.0. The van der Waals surface area contributed by atoms with Gasteiger partial charge in [-0.15, -0.1) is 5.10 Å². The Kier molecular flexibility index (Phi) is 5.71. The minimum atomic E-state index is -3.91. The fraction of sp³-hybridized carbons (Fsp3) is 0.167. The average Bonchev–Trinajstić information content (AvgIpc) is 3.08. The molecule has 8 nitrogen and oxygen atoms in total. The maximum absolute atomic E-state index is 14.1. The van der Waals surface area contributed by atoms with E-state index in [1.165, 1.54) is 35.0 Å². The van der Waals surface area contributed by atoms with E-state index < -0.39 is 27.6 Å². The molecule has 1 heterocycles. The minimum Gasteiger partial charge on any atom is -0.460 e. The van der Waals surface area contributed by atoms with Crippen molar-refractivity contribution in [3.8, 4) is 5.69 Å². The molecule has 0 aliphatic carbocycles. The highest BCUT2D eigenvalue weighted by Gasteiger charge is 2.21. The van der Waals surface area contributed by atoms with Crippen molar-refractivity contribution >= 4 is 16.0 Å². The summed E-state index contributed by atoms with van der Waals surface area (Å²) < 4.78 is 57.1. The zero-order valence-electron chi connectivity index (χ0n) is 15.2. The molecule has 0 unspecified atom stereocenters. The van der Waals surface area contributed by atoms with Gasteiger partial charge in [-0.25, -0.2) is 36.8 Å². The third-order valence-electron chi connectivity index (χ3n) is 3.94. The third-order valence-corrected chi connectivity index (χ3v) is 4.87. The van der Waals surface area contributed by atoms with Crippen molar-refractivity contribution < 1.29 is 26.7 Å². The van der Waals surface area contributed by atoms with Crippen LogP contribution < -0.4 is 5.14 Å². The van der Waals surface area contributed by atoms with Crippen LogP contribution in [0, 0.1) is 11.6 Å². The average molecular weight is 422 g/mol. The number of ether oxygens (including phenoxy) is 1. The number of carbonyl (C=O) groups is 1. The van der Waals surface area contributed by atoms with E-state index in [2.05, 4.69) is 10.1 Å². The van der Waals surface area contributed by atoms with Gasteiger partial charge >= 0.3 is 5.97 Å². The maximum atomic E-state index is 14.1. The Morgan fingerprint density at radius 1 is 1.14 bits per heavy atom. The SMILES string of the molecule is CCOC(=O)c1nc(Cc2c(F)cccc2F)n(-c2ccc(S(N)(=O)=O)cc2)n1. The molecule has 0 aliphatic rings. The molecule has 11 heteroatoms. The van der Waals surface area contributed by atoms with Crippen molar-refractivity contribution in [3.05, 3.63) is 71.3 Å². The van der Waals surface area contributed by atoms with E-state index in [4.69, 9.17) is 9.88 Å². The molecule has 0 bridgehead atoms. The Labute approximate surface area is 165 Å². The first-order chi connectivity index (χ1) is 13.7. The Balaban J connectivity index is 2.08. The molecule has 0 saturated carbocycles. The summed E-state index contributed by atoms with van der Waals surface area (Å²) in [6.45, 7) is 1.70. The van der Waals surface area contributed by atoms with Crippen molar-refractivity contribution in [2.75, 3.05) is 6.61 Å². The van der Waals surface area contributed by atoms with Crippen LogP contribution in [0.2, 0.25) is 0 Å². The molecule has 0 saturated heterocycles. The van der Waals surface area contributed by atoms with Crippen LogP contribution in [-0.2, 0) is 21.2 Å². The van der Waals surface area contributed by atoms with Crippen molar-refractivity contribution in [1.29, 1.82) is 0 Å². The van der Waals surface area contributed by atoms with Gasteiger partial charge in [0.25, 0.3) is 5.82 Å². The minimum absolute atomic E-state index is 0.0559. The van der Waals surface area contributed by atoms with Crippen LogP contribution in [0.1, 0.15) is 28.9 Å². The number of nitrogens with zero attached hydrogens (tertiary/aromatic N) is 3.